The third-order valence-corrected chi connectivity index (χ3v) is 5.23. The summed E-state index contributed by atoms with van der Waals surface area (Å²) in [5.74, 6) is -0.227. The average molecular weight is 380 g/mol. The van der Waals surface area contributed by atoms with Crippen LogP contribution in [0.5, 0.6) is 0 Å². The summed E-state index contributed by atoms with van der Waals surface area (Å²) < 4.78 is 0.933. The minimum absolute atomic E-state index is 0.0155. The summed E-state index contributed by atoms with van der Waals surface area (Å²) >= 11 is 3.38. The predicted molar refractivity (Wildman–Crippen MR) is 94.6 cm³/mol. The Balaban J connectivity index is 1.72. The molecule has 24 heavy (non-hydrogen) atoms. The highest BCUT2D eigenvalue weighted by molar-refractivity contribution is 9.10. The molecule has 0 spiro atoms. The van der Waals surface area contributed by atoms with E-state index in [0.717, 1.165) is 15.6 Å². The first-order chi connectivity index (χ1) is 11.7. The molecule has 0 aromatic heterocycles. The molecule has 2 aliphatic rings. The van der Waals surface area contributed by atoms with Gasteiger partial charge in [-0.15, -0.1) is 0 Å². The molecule has 0 unspecified atom stereocenters. The van der Waals surface area contributed by atoms with E-state index in [1.54, 1.807) is 6.21 Å². The molecule has 0 radical (unpaired) electrons. The molecular formula is C19H14BrN3O. The smallest absolute Gasteiger partial charge is 0.186 e. The fourth-order valence-electron chi connectivity index (χ4n) is 3.55. The SMILES string of the molecule is N#C[C@@H]1C[C@H](C(=O)c2ccc(Br)cc2)N2N=Cc3ccccc3[C@@H]12. The zero-order chi connectivity index (χ0) is 16.7. The third kappa shape index (κ3) is 2.35. The number of Topliss-reactive ketones (excluding diaryl/α,β-unsaturated/α-hetero) is 1. The number of hydrazone groups is 1. The molecule has 118 valence electrons. The fourth-order valence-corrected chi connectivity index (χ4v) is 3.82. The molecule has 0 N–H and O–H groups in total. The molecule has 0 aliphatic carbocycles. The van der Waals surface area contributed by atoms with Crippen LogP contribution in [0.2, 0.25) is 0 Å². The number of ketones is 1. The maximum atomic E-state index is 12.9. The fraction of sp³-hybridized carbons (Fsp3) is 0.211. The number of nitriles is 1. The van der Waals surface area contributed by atoms with Crippen molar-refractivity contribution in [1.29, 1.82) is 5.26 Å². The van der Waals surface area contributed by atoms with Gasteiger partial charge in [0.2, 0.25) is 0 Å². The molecule has 0 saturated carbocycles. The topological polar surface area (TPSA) is 56.5 Å². The van der Waals surface area contributed by atoms with Crippen molar-refractivity contribution < 1.29 is 4.79 Å². The van der Waals surface area contributed by atoms with Gasteiger partial charge in [0.1, 0.15) is 6.04 Å². The highest BCUT2D eigenvalue weighted by Gasteiger charge is 2.47. The summed E-state index contributed by atoms with van der Waals surface area (Å²) in [5.41, 5.74) is 2.75. The van der Waals surface area contributed by atoms with Crippen molar-refractivity contribution in [1.82, 2.24) is 5.01 Å². The van der Waals surface area contributed by atoms with E-state index in [0.29, 0.717) is 12.0 Å². The lowest BCUT2D eigenvalue weighted by Crippen LogP contribution is -2.36. The number of fused-ring (bicyclic) bond motifs is 3. The van der Waals surface area contributed by atoms with Gasteiger partial charge in [-0.3, -0.25) is 9.80 Å². The van der Waals surface area contributed by atoms with E-state index in [-0.39, 0.29) is 17.7 Å². The van der Waals surface area contributed by atoms with Crippen LogP contribution in [0.25, 0.3) is 0 Å². The number of halogens is 1. The Hall–Kier alpha value is -2.45. The third-order valence-electron chi connectivity index (χ3n) is 4.70. The molecule has 2 aliphatic heterocycles. The van der Waals surface area contributed by atoms with Crippen molar-refractivity contribution in [3.63, 3.8) is 0 Å². The quantitative estimate of drug-likeness (QED) is 0.742. The largest absolute Gasteiger partial charge is 0.292 e. The van der Waals surface area contributed by atoms with Crippen LogP contribution in [0.1, 0.15) is 33.9 Å². The molecule has 2 heterocycles. The summed E-state index contributed by atoms with van der Waals surface area (Å²) in [5, 5.41) is 15.9. The standard InChI is InChI=1S/C19H14BrN3O/c20-15-7-5-12(6-8-15)19(24)17-9-14(10-21)18-16-4-2-1-3-13(16)11-22-23(17)18/h1-8,11,14,17-18H,9H2/t14-,17+,18+/m0/s1. The van der Waals surface area contributed by atoms with Crippen LogP contribution >= 0.6 is 15.9 Å². The predicted octanol–water partition coefficient (Wildman–Crippen LogP) is 3.93. The van der Waals surface area contributed by atoms with Crippen LogP contribution in [-0.4, -0.2) is 23.0 Å². The number of carbonyl (C=O) groups excluding carboxylic acids is 1. The summed E-state index contributed by atoms with van der Waals surface area (Å²) in [4.78, 5) is 12.9. The van der Waals surface area contributed by atoms with E-state index in [1.807, 2.05) is 53.5 Å². The molecule has 4 rings (SSSR count). The maximum absolute atomic E-state index is 12.9. The normalized spacial score (nSPS) is 24.2. The Kier molecular flexibility index (Phi) is 3.70. The lowest BCUT2D eigenvalue weighted by molar-refractivity contribution is 0.0834. The molecule has 2 aromatic rings. The zero-order valence-corrected chi connectivity index (χ0v) is 14.3. The van der Waals surface area contributed by atoms with Gasteiger partial charge < -0.3 is 0 Å². The first kappa shape index (κ1) is 15.1. The average Bonchev–Trinajstić information content (AvgIpc) is 3.01. The van der Waals surface area contributed by atoms with Gasteiger partial charge in [-0.2, -0.15) is 10.4 Å². The number of nitrogens with zero attached hydrogens (tertiary/aromatic N) is 3. The second kappa shape index (κ2) is 5.88. The van der Waals surface area contributed by atoms with E-state index < -0.39 is 6.04 Å². The maximum Gasteiger partial charge on any atom is 0.186 e. The van der Waals surface area contributed by atoms with E-state index in [1.165, 1.54) is 0 Å². The van der Waals surface area contributed by atoms with Crippen LogP contribution < -0.4 is 0 Å². The molecule has 2 aromatic carbocycles. The van der Waals surface area contributed by atoms with Gasteiger partial charge in [0.05, 0.1) is 24.2 Å². The Morgan fingerprint density at radius 2 is 1.96 bits per heavy atom. The van der Waals surface area contributed by atoms with Crippen molar-refractivity contribution in [3.05, 3.63) is 69.7 Å². The molecule has 4 nitrogen and oxygen atoms in total. The van der Waals surface area contributed by atoms with Crippen molar-refractivity contribution in [2.75, 3.05) is 0 Å². The van der Waals surface area contributed by atoms with Gasteiger partial charge in [0.25, 0.3) is 0 Å². The van der Waals surface area contributed by atoms with Gasteiger partial charge in [-0.05, 0) is 29.7 Å². The second-order valence-corrected chi connectivity index (χ2v) is 6.97. The first-order valence-corrected chi connectivity index (χ1v) is 8.59. The lowest BCUT2D eigenvalue weighted by atomic mass is 9.91. The zero-order valence-electron chi connectivity index (χ0n) is 12.8. The molecule has 5 heteroatoms. The monoisotopic (exact) mass is 379 g/mol. The van der Waals surface area contributed by atoms with E-state index in [4.69, 9.17) is 0 Å². The number of carbonyl (C=O) groups is 1. The Morgan fingerprint density at radius 1 is 1.21 bits per heavy atom. The molecule has 1 fully saturated rings. The van der Waals surface area contributed by atoms with Crippen LogP contribution in [0.3, 0.4) is 0 Å². The molecule has 0 amide bonds. The Labute approximate surface area is 148 Å². The van der Waals surface area contributed by atoms with Gasteiger partial charge in [0.15, 0.2) is 5.78 Å². The van der Waals surface area contributed by atoms with E-state index in [2.05, 4.69) is 27.1 Å². The molecule has 3 atom stereocenters. The van der Waals surface area contributed by atoms with Crippen molar-refractivity contribution in [2.24, 2.45) is 11.0 Å². The van der Waals surface area contributed by atoms with Crippen LogP contribution in [0.15, 0.2) is 58.1 Å². The van der Waals surface area contributed by atoms with Crippen molar-refractivity contribution in [2.45, 2.75) is 18.5 Å². The molecule has 1 saturated heterocycles. The Bertz CT molecular complexity index is 869. The highest BCUT2D eigenvalue weighted by atomic mass is 79.9. The number of rotatable bonds is 2. The number of hydrogen-bond donors (Lipinski definition) is 0. The van der Waals surface area contributed by atoms with Crippen LogP contribution in [0, 0.1) is 17.2 Å². The molecular weight excluding hydrogens is 366 g/mol. The number of hydrogen-bond acceptors (Lipinski definition) is 4. The first-order valence-electron chi connectivity index (χ1n) is 7.79. The summed E-state index contributed by atoms with van der Waals surface area (Å²) in [6.45, 7) is 0. The molecule has 0 bridgehead atoms. The summed E-state index contributed by atoms with van der Waals surface area (Å²) in [6, 6.07) is 17.1. The minimum atomic E-state index is -0.398. The summed E-state index contributed by atoms with van der Waals surface area (Å²) in [6.07, 6.45) is 2.29. The van der Waals surface area contributed by atoms with Crippen LogP contribution in [0.4, 0.5) is 0 Å². The number of benzene rings is 2. The van der Waals surface area contributed by atoms with Gasteiger partial charge in [-0.1, -0.05) is 52.3 Å². The lowest BCUT2D eigenvalue weighted by Gasteiger charge is -2.31. The highest BCUT2D eigenvalue weighted by Crippen LogP contribution is 2.44. The minimum Gasteiger partial charge on any atom is -0.292 e. The van der Waals surface area contributed by atoms with Gasteiger partial charge in [0, 0.05) is 10.0 Å². The van der Waals surface area contributed by atoms with Crippen LogP contribution in [-0.2, 0) is 0 Å². The Morgan fingerprint density at radius 3 is 2.71 bits per heavy atom. The van der Waals surface area contributed by atoms with Crippen molar-refractivity contribution >= 4 is 27.9 Å². The van der Waals surface area contributed by atoms with Gasteiger partial charge in [-0.25, -0.2) is 0 Å². The van der Waals surface area contributed by atoms with Crippen molar-refractivity contribution in [3.8, 4) is 6.07 Å². The summed E-state index contributed by atoms with van der Waals surface area (Å²) in [7, 11) is 0. The van der Waals surface area contributed by atoms with Gasteiger partial charge >= 0.3 is 0 Å². The van der Waals surface area contributed by atoms with E-state index in [9.17, 15) is 10.1 Å². The second-order valence-electron chi connectivity index (χ2n) is 6.06. The van der Waals surface area contributed by atoms with E-state index >= 15 is 0 Å².